The van der Waals surface area contributed by atoms with Crippen LogP contribution < -0.4 is 20.1 Å². The molecule has 0 saturated heterocycles. The predicted molar refractivity (Wildman–Crippen MR) is 284 cm³/mol. The van der Waals surface area contributed by atoms with Crippen LogP contribution in [0, 0.1) is 0 Å². The van der Waals surface area contributed by atoms with Crippen molar-refractivity contribution in [3.63, 3.8) is 0 Å². The Morgan fingerprint density at radius 1 is 0.764 bits per heavy atom. The van der Waals surface area contributed by atoms with Crippen LogP contribution in [0.15, 0.2) is 196 Å². The number of benzene rings is 4. The number of pyridine rings is 2. The van der Waals surface area contributed by atoms with Gasteiger partial charge in [-0.1, -0.05) is 62.1 Å². The van der Waals surface area contributed by atoms with Gasteiger partial charge in [-0.15, -0.1) is 5.73 Å². The molecule has 0 spiro atoms. The maximum Gasteiger partial charge on any atom is 0.292 e. The van der Waals surface area contributed by atoms with Crippen LogP contribution in [0.4, 0.5) is 11.5 Å². The number of furan rings is 2. The number of aromatic nitrogens is 7. The number of nitrogens with two attached hydrogens (primary N) is 1. The van der Waals surface area contributed by atoms with Gasteiger partial charge in [0, 0.05) is 63.9 Å². The first kappa shape index (κ1) is 43.4. The monoisotopic (exact) mass is 944 g/mol. The van der Waals surface area contributed by atoms with Crippen LogP contribution in [0.5, 0.6) is 23.5 Å². The lowest BCUT2D eigenvalue weighted by Gasteiger charge is -2.29. The Morgan fingerprint density at radius 2 is 1.44 bits per heavy atom. The minimum Gasteiger partial charge on any atom is -0.426 e. The molecule has 2 aliphatic rings. The summed E-state index contributed by atoms with van der Waals surface area (Å²) in [4.78, 5) is 19.1. The van der Waals surface area contributed by atoms with E-state index in [9.17, 15) is 0 Å². The van der Waals surface area contributed by atoms with Crippen LogP contribution in [-0.4, -0.2) is 40.3 Å². The number of aliphatic imine (C=N–C) groups is 1. The minimum absolute atomic E-state index is 0.153. The summed E-state index contributed by atoms with van der Waals surface area (Å²) in [5.41, 5.74) is 23.0. The van der Waals surface area contributed by atoms with E-state index >= 15 is 0 Å². The topological polar surface area (TPSA) is 153 Å². The van der Waals surface area contributed by atoms with Crippen molar-refractivity contribution in [2.75, 3.05) is 4.90 Å². The van der Waals surface area contributed by atoms with Gasteiger partial charge in [-0.3, -0.25) is 4.57 Å². The molecule has 9 heterocycles. The number of rotatable bonds is 10. The lowest BCUT2D eigenvalue weighted by molar-refractivity contribution is 0.351. The lowest BCUT2D eigenvalue weighted by atomic mass is 10.1. The van der Waals surface area contributed by atoms with Gasteiger partial charge in [0.2, 0.25) is 5.88 Å². The molecule has 14 heteroatoms. The van der Waals surface area contributed by atoms with Gasteiger partial charge < -0.3 is 33.5 Å². The van der Waals surface area contributed by atoms with E-state index in [4.69, 9.17) is 39.0 Å². The van der Waals surface area contributed by atoms with Crippen molar-refractivity contribution in [3.05, 3.63) is 193 Å². The first-order chi connectivity index (χ1) is 35.6. The van der Waals surface area contributed by atoms with Crippen molar-refractivity contribution in [3.8, 4) is 29.2 Å². The van der Waals surface area contributed by atoms with Gasteiger partial charge >= 0.3 is 0 Å². The molecule has 4 aromatic carbocycles. The number of allylic oxidation sites excluding steroid dienone is 3. The molecule has 0 amide bonds. The Labute approximate surface area is 412 Å². The molecule has 7 aromatic heterocycles. The third-order valence-electron chi connectivity index (χ3n) is 12.4. The number of nitrogens with zero attached hydrogens (tertiary/aromatic N) is 9. The molecule has 0 saturated carbocycles. The van der Waals surface area contributed by atoms with Crippen molar-refractivity contribution in [1.82, 2.24) is 34.1 Å². The van der Waals surface area contributed by atoms with Gasteiger partial charge in [0.1, 0.15) is 33.8 Å². The SMILES string of the molecule is CC.CC=C=C(/C=C\N)n1c2c(c3cc(Oc4cc5cc6oc(Oc7ccc8c(n7)c7nc(C9=CCC(n%10nccn%10)N9c9ccccc9)ccc7n8-c7ccccc7)cc6cc5o4)ccc31)C=C=CC=N2. The van der Waals surface area contributed by atoms with Crippen LogP contribution in [0.3, 0.4) is 0 Å². The van der Waals surface area contributed by atoms with Crippen LogP contribution in [0.1, 0.15) is 44.6 Å². The summed E-state index contributed by atoms with van der Waals surface area (Å²) in [6, 6.07) is 41.8. The fourth-order valence-electron chi connectivity index (χ4n) is 9.48. The normalized spacial score (nSPS) is 14.0. The number of hydrogen-bond acceptors (Lipinski definition) is 11. The molecule has 72 heavy (non-hydrogen) atoms. The summed E-state index contributed by atoms with van der Waals surface area (Å²) in [5, 5.41) is 11.5. The minimum atomic E-state index is -0.153. The van der Waals surface area contributed by atoms with E-state index in [2.05, 4.69) is 73.6 Å². The predicted octanol–water partition coefficient (Wildman–Crippen LogP) is 14.0. The fraction of sp³-hybridized carbons (Fsp3) is 0.0862. The van der Waals surface area contributed by atoms with Crippen molar-refractivity contribution >= 4 is 90.1 Å². The quantitative estimate of drug-likeness (QED) is 0.104. The van der Waals surface area contributed by atoms with Gasteiger partial charge in [-0.05, 0) is 110 Å². The van der Waals surface area contributed by atoms with Gasteiger partial charge in [0.25, 0.3) is 11.9 Å². The summed E-state index contributed by atoms with van der Waals surface area (Å²) in [6.07, 6.45) is 16.7. The van der Waals surface area contributed by atoms with E-state index in [1.807, 2.05) is 128 Å². The molecule has 0 aliphatic carbocycles. The number of hydrogen-bond donors (Lipinski definition) is 1. The third kappa shape index (κ3) is 7.53. The number of fused-ring (bicyclic) bond motifs is 8. The molecule has 2 aliphatic heterocycles. The Morgan fingerprint density at radius 3 is 2.17 bits per heavy atom. The fourth-order valence-corrected chi connectivity index (χ4v) is 9.48. The number of para-hydroxylation sites is 2. The highest BCUT2D eigenvalue weighted by Crippen LogP contribution is 2.43. The lowest BCUT2D eigenvalue weighted by Crippen LogP contribution is -2.29. The Bertz CT molecular complexity index is 4050. The Hall–Kier alpha value is -9.87. The average Bonchev–Trinajstić information content (AvgIpc) is 4.29. The average molecular weight is 945 g/mol. The first-order valence-corrected chi connectivity index (χ1v) is 23.6. The molecule has 14 nitrogen and oxygen atoms in total. The van der Waals surface area contributed by atoms with E-state index in [1.165, 1.54) is 6.20 Å². The van der Waals surface area contributed by atoms with Crippen molar-refractivity contribution in [2.45, 2.75) is 33.4 Å². The summed E-state index contributed by atoms with van der Waals surface area (Å²) >= 11 is 0. The molecular formula is C58H44N10O4. The summed E-state index contributed by atoms with van der Waals surface area (Å²) in [7, 11) is 0. The maximum absolute atomic E-state index is 6.38. The molecule has 1 atom stereocenters. The molecule has 1 unspecified atom stereocenters. The number of ether oxygens (including phenoxy) is 2. The second kappa shape index (κ2) is 18.2. The van der Waals surface area contributed by atoms with Crippen LogP contribution in [-0.2, 0) is 0 Å². The van der Waals surface area contributed by atoms with E-state index in [0.717, 1.165) is 78.1 Å². The van der Waals surface area contributed by atoms with E-state index in [-0.39, 0.29) is 12.1 Å². The molecule has 0 bridgehead atoms. The van der Waals surface area contributed by atoms with Crippen molar-refractivity contribution in [1.29, 1.82) is 0 Å². The van der Waals surface area contributed by atoms with Gasteiger partial charge in [0.05, 0.1) is 46.0 Å². The molecule has 11 aromatic rings. The van der Waals surface area contributed by atoms with Gasteiger partial charge in [-0.2, -0.15) is 15.0 Å². The van der Waals surface area contributed by atoms with Gasteiger partial charge in [-0.25, -0.2) is 15.0 Å². The van der Waals surface area contributed by atoms with E-state index < -0.39 is 0 Å². The molecule has 2 N–H and O–H groups in total. The highest BCUT2D eigenvalue weighted by molar-refractivity contribution is 6.06. The highest BCUT2D eigenvalue weighted by Gasteiger charge is 2.32. The van der Waals surface area contributed by atoms with E-state index in [0.29, 0.717) is 40.7 Å². The smallest absolute Gasteiger partial charge is 0.292 e. The van der Waals surface area contributed by atoms with Crippen molar-refractivity contribution in [2.24, 2.45) is 10.7 Å². The zero-order valence-corrected chi connectivity index (χ0v) is 39.3. The third-order valence-corrected chi connectivity index (χ3v) is 12.4. The van der Waals surface area contributed by atoms with Crippen LogP contribution >= 0.6 is 0 Å². The molecule has 13 rings (SSSR count). The second-order valence-electron chi connectivity index (χ2n) is 16.6. The van der Waals surface area contributed by atoms with Crippen molar-refractivity contribution < 1.29 is 18.3 Å². The van der Waals surface area contributed by atoms with Crippen LogP contribution in [0.25, 0.3) is 78.1 Å². The number of anilines is 1. The summed E-state index contributed by atoms with van der Waals surface area (Å²) in [6.45, 7) is 5.91. The molecule has 0 fully saturated rings. The van der Waals surface area contributed by atoms with Gasteiger partial charge in [0.15, 0.2) is 6.17 Å². The largest absolute Gasteiger partial charge is 0.426 e. The maximum atomic E-state index is 6.38. The molecule has 0 radical (unpaired) electrons. The Kier molecular flexibility index (Phi) is 11.0. The zero-order chi connectivity index (χ0) is 48.7. The highest BCUT2D eigenvalue weighted by atomic mass is 16.6. The summed E-state index contributed by atoms with van der Waals surface area (Å²) < 4.78 is 29.5. The van der Waals surface area contributed by atoms with E-state index in [1.54, 1.807) is 35.6 Å². The standard InChI is InChI=1S/C56H38N10O4.C2H6/c1-2-11-37(25-26-57)65-44-19-17-40(34-42(44)41-16-9-10-27-58-56(41)65)67-52-32-35-30-49-36(31-48(35)68-52)33-53(69-49)70-50-23-21-47-55(62-50)54-46(63(47)38-12-5-3-6-13-38)20-18-43(61-54)45-22-24-51(66-59-28-29-60-66)64(45)39-14-7-4-8-15-39;1-2/h2-8,10,12-23,25-34,51H,24,57H2,1H3;1-2H3/b26-25-;. The Balaban J connectivity index is 0.00000262. The summed E-state index contributed by atoms with van der Waals surface area (Å²) in [5.74, 6) is 2.28. The molecule has 350 valence electrons. The second-order valence-corrected chi connectivity index (χ2v) is 16.6. The zero-order valence-electron chi connectivity index (χ0n) is 39.3. The van der Waals surface area contributed by atoms with Crippen LogP contribution in [0.2, 0.25) is 0 Å². The molecular weight excluding hydrogens is 901 g/mol. The first-order valence-electron chi connectivity index (χ1n) is 23.6.